The summed E-state index contributed by atoms with van der Waals surface area (Å²) in [5, 5.41) is 30.0. The Kier molecular flexibility index (Phi) is 4.73. The fourth-order valence-corrected chi connectivity index (χ4v) is 3.53. The molecule has 0 atom stereocenters. The summed E-state index contributed by atoms with van der Waals surface area (Å²) in [7, 11) is 0. The third-order valence-electron chi connectivity index (χ3n) is 4.90. The molecule has 0 saturated carbocycles. The fraction of sp³-hybridized carbons (Fsp3) is 0.526. The van der Waals surface area contributed by atoms with Crippen molar-refractivity contribution in [1.29, 1.82) is 0 Å². The standard InChI is InChI=1S/C19H26O4/c1-5-12-9-15(20)14(17(21)16(12)18(22)23)8-13-6-7-19(3,4)10-11(13)2/h9,20-21H,5-8,10H2,1-4H3,(H,22,23). The number of aryl methyl sites for hydroxylation is 1. The number of rotatable bonds is 4. The van der Waals surface area contributed by atoms with Crippen molar-refractivity contribution < 1.29 is 20.1 Å². The Morgan fingerprint density at radius 1 is 1.30 bits per heavy atom. The Hall–Kier alpha value is -1.97. The molecule has 0 saturated heterocycles. The zero-order valence-electron chi connectivity index (χ0n) is 14.4. The maximum Gasteiger partial charge on any atom is 0.339 e. The van der Waals surface area contributed by atoms with E-state index in [0.29, 0.717) is 24.0 Å². The first-order valence-corrected chi connectivity index (χ1v) is 8.13. The third-order valence-corrected chi connectivity index (χ3v) is 4.90. The first-order valence-electron chi connectivity index (χ1n) is 8.13. The highest BCUT2D eigenvalue weighted by Crippen LogP contribution is 2.42. The summed E-state index contributed by atoms with van der Waals surface area (Å²) in [6.07, 6.45) is 3.81. The van der Waals surface area contributed by atoms with Crippen LogP contribution in [0.4, 0.5) is 0 Å². The second kappa shape index (κ2) is 6.26. The number of allylic oxidation sites excluding steroid dienone is 2. The molecule has 0 spiro atoms. The summed E-state index contributed by atoms with van der Waals surface area (Å²) < 4.78 is 0. The molecule has 2 rings (SSSR count). The fourth-order valence-electron chi connectivity index (χ4n) is 3.53. The SMILES string of the molecule is CCc1cc(O)c(CC2=C(C)CC(C)(C)CC2)c(O)c1C(=O)O. The molecule has 0 unspecified atom stereocenters. The minimum absolute atomic E-state index is 0.0190. The Bertz CT molecular complexity index is 668. The van der Waals surface area contributed by atoms with E-state index in [1.165, 1.54) is 17.2 Å². The van der Waals surface area contributed by atoms with Gasteiger partial charge in [0.1, 0.15) is 17.1 Å². The molecule has 0 aliphatic heterocycles. The monoisotopic (exact) mass is 318 g/mol. The van der Waals surface area contributed by atoms with Gasteiger partial charge in [0.05, 0.1) is 0 Å². The van der Waals surface area contributed by atoms with E-state index < -0.39 is 5.97 Å². The van der Waals surface area contributed by atoms with Crippen molar-refractivity contribution in [3.8, 4) is 11.5 Å². The topological polar surface area (TPSA) is 77.8 Å². The maximum atomic E-state index is 11.5. The molecule has 3 N–H and O–H groups in total. The van der Waals surface area contributed by atoms with Crippen LogP contribution in [-0.2, 0) is 12.8 Å². The van der Waals surface area contributed by atoms with Gasteiger partial charge in [-0.05, 0) is 49.7 Å². The molecular weight excluding hydrogens is 292 g/mol. The van der Waals surface area contributed by atoms with Crippen LogP contribution in [0.1, 0.15) is 68.4 Å². The van der Waals surface area contributed by atoms with Gasteiger partial charge in [-0.3, -0.25) is 0 Å². The van der Waals surface area contributed by atoms with Crippen molar-refractivity contribution in [2.75, 3.05) is 0 Å². The Balaban J connectivity index is 2.45. The quantitative estimate of drug-likeness (QED) is 0.718. The van der Waals surface area contributed by atoms with Crippen molar-refractivity contribution in [3.05, 3.63) is 33.9 Å². The number of benzene rings is 1. The number of aromatic carboxylic acids is 1. The van der Waals surface area contributed by atoms with Crippen molar-refractivity contribution in [1.82, 2.24) is 0 Å². The first kappa shape index (κ1) is 17.4. The molecule has 23 heavy (non-hydrogen) atoms. The van der Waals surface area contributed by atoms with Gasteiger partial charge < -0.3 is 15.3 Å². The largest absolute Gasteiger partial charge is 0.508 e. The Morgan fingerprint density at radius 2 is 1.96 bits per heavy atom. The summed E-state index contributed by atoms with van der Waals surface area (Å²) in [4.78, 5) is 11.5. The summed E-state index contributed by atoms with van der Waals surface area (Å²) in [6.45, 7) is 8.36. The summed E-state index contributed by atoms with van der Waals surface area (Å²) in [6, 6.07) is 1.47. The summed E-state index contributed by atoms with van der Waals surface area (Å²) in [5.74, 6) is -1.47. The normalized spacial score (nSPS) is 17.4. The number of carboxylic acid groups (broad SMARTS) is 1. The minimum atomic E-state index is -1.16. The number of hydrogen-bond acceptors (Lipinski definition) is 3. The molecule has 4 nitrogen and oxygen atoms in total. The highest BCUT2D eigenvalue weighted by atomic mass is 16.4. The number of hydrogen-bond donors (Lipinski definition) is 3. The molecule has 0 aromatic heterocycles. The van der Waals surface area contributed by atoms with E-state index in [1.54, 1.807) is 6.92 Å². The Morgan fingerprint density at radius 3 is 2.48 bits per heavy atom. The molecule has 0 radical (unpaired) electrons. The minimum Gasteiger partial charge on any atom is -0.508 e. The van der Waals surface area contributed by atoms with Crippen LogP contribution in [0.15, 0.2) is 17.2 Å². The van der Waals surface area contributed by atoms with Crippen LogP contribution in [0, 0.1) is 5.41 Å². The molecule has 1 aromatic carbocycles. The van der Waals surface area contributed by atoms with Gasteiger partial charge in [-0.25, -0.2) is 4.79 Å². The molecule has 0 fully saturated rings. The van der Waals surface area contributed by atoms with Crippen LogP contribution in [0.25, 0.3) is 0 Å². The van der Waals surface area contributed by atoms with E-state index >= 15 is 0 Å². The van der Waals surface area contributed by atoms with Gasteiger partial charge in [0.15, 0.2) is 0 Å². The van der Waals surface area contributed by atoms with Gasteiger partial charge in [0, 0.05) is 12.0 Å². The van der Waals surface area contributed by atoms with Crippen LogP contribution in [0.2, 0.25) is 0 Å². The number of carbonyl (C=O) groups is 1. The zero-order valence-corrected chi connectivity index (χ0v) is 14.4. The van der Waals surface area contributed by atoms with Gasteiger partial charge in [-0.2, -0.15) is 0 Å². The van der Waals surface area contributed by atoms with Crippen molar-refractivity contribution in [2.24, 2.45) is 5.41 Å². The molecule has 126 valence electrons. The predicted molar refractivity (Wildman–Crippen MR) is 90.1 cm³/mol. The Labute approximate surface area is 137 Å². The van der Waals surface area contributed by atoms with Crippen LogP contribution in [-0.4, -0.2) is 21.3 Å². The van der Waals surface area contributed by atoms with Gasteiger partial charge >= 0.3 is 5.97 Å². The smallest absolute Gasteiger partial charge is 0.339 e. The second-order valence-corrected chi connectivity index (χ2v) is 7.32. The lowest BCUT2D eigenvalue weighted by Gasteiger charge is -2.32. The molecular formula is C19H26O4. The molecule has 1 aromatic rings. The predicted octanol–water partition coefficient (Wildman–Crippen LogP) is 4.43. The van der Waals surface area contributed by atoms with E-state index in [2.05, 4.69) is 20.8 Å². The summed E-state index contributed by atoms with van der Waals surface area (Å²) in [5.41, 5.74) is 3.43. The van der Waals surface area contributed by atoms with Gasteiger partial charge in [-0.1, -0.05) is 31.9 Å². The molecule has 0 heterocycles. The maximum absolute atomic E-state index is 11.5. The molecule has 0 bridgehead atoms. The number of aromatic hydroxyl groups is 2. The van der Waals surface area contributed by atoms with E-state index in [1.807, 2.05) is 0 Å². The summed E-state index contributed by atoms with van der Waals surface area (Å²) >= 11 is 0. The van der Waals surface area contributed by atoms with Gasteiger partial charge in [0.25, 0.3) is 0 Å². The van der Waals surface area contributed by atoms with Gasteiger partial charge in [0.2, 0.25) is 0 Å². The van der Waals surface area contributed by atoms with E-state index in [0.717, 1.165) is 19.3 Å². The highest BCUT2D eigenvalue weighted by molar-refractivity contribution is 5.93. The van der Waals surface area contributed by atoms with Crippen LogP contribution < -0.4 is 0 Å². The van der Waals surface area contributed by atoms with Crippen molar-refractivity contribution in [2.45, 2.75) is 59.8 Å². The number of carboxylic acids is 1. The van der Waals surface area contributed by atoms with E-state index in [4.69, 9.17) is 0 Å². The van der Waals surface area contributed by atoms with Crippen molar-refractivity contribution in [3.63, 3.8) is 0 Å². The van der Waals surface area contributed by atoms with Crippen LogP contribution in [0.5, 0.6) is 11.5 Å². The molecule has 1 aliphatic rings. The lowest BCUT2D eigenvalue weighted by Crippen LogP contribution is -2.18. The van der Waals surface area contributed by atoms with Crippen molar-refractivity contribution >= 4 is 5.97 Å². The number of phenolic OH excluding ortho intramolecular Hbond substituents is 1. The molecule has 0 amide bonds. The molecule has 4 heteroatoms. The lowest BCUT2D eigenvalue weighted by atomic mass is 9.73. The van der Waals surface area contributed by atoms with Gasteiger partial charge in [-0.15, -0.1) is 0 Å². The third kappa shape index (κ3) is 3.52. The van der Waals surface area contributed by atoms with E-state index in [9.17, 15) is 20.1 Å². The average molecular weight is 318 g/mol. The van der Waals surface area contributed by atoms with Crippen LogP contribution >= 0.6 is 0 Å². The highest BCUT2D eigenvalue weighted by Gasteiger charge is 2.27. The van der Waals surface area contributed by atoms with Crippen LogP contribution in [0.3, 0.4) is 0 Å². The molecule has 1 aliphatic carbocycles. The first-order chi connectivity index (χ1) is 10.7. The number of phenols is 2. The lowest BCUT2D eigenvalue weighted by molar-refractivity contribution is 0.0692. The second-order valence-electron chi connectivity index (χ2n) is 7.32. The average Bonchev–Trinajstić information content (AvgIpc) is 2.43. The zero-order chi connectivity index (χ0) is 17.4. The van der Waals surface area contributed by atoms with E-state index in [-0.39, 0.29) is 22.5 Å².